The molecule has 0 amide bonds. The summed E-state index contributed by atoms with van der Waals surface area (Å²) in [5.74, 6) is 0.564. The zero-order valence-corrected chi connectivity index (χ0v) is 16.6. The van der Waals surface area contributed by atoms with E-state index < -0.39 is 0 Å². The molecule has 2 heteroatoms. The second kappa shape index (κ2) is 7.70. The van der Waals surface area contributed by atoms with E-state index in [1.165, 1.54) is 22.3 Å². The van der Waals surface area contributed by atoms with Crippen LogP contribution in [0.3, 0.4) is 0 Å². The third kappa shape index (κ3) is 3.84. The fourth-order valence-corrected chi connectivity index (χ4v) is 3.93. The molecule has 0 spiro atoms. The summed E-state index contributed by atoms with van der Waals surface area (Å²) in [6.45, 7) is 4.45. The van der Waals surface area contributed by atoms with E-state index >= 15 is 0 Å². The minimum atomic E-state index is 0.230. The van der Waals surface area contributed by atoms with E-state index in [0.717, 1.165) is 29.1 Å². The maximum atomic E-state index is 6.34. The van der Waals surface area contributed by atoms with Crippen molar-refractivity contribution in [2.24, 2.45) is 4.99 Å². The predicted molar refractivity (Wildman–Crippen MR) is 116 cm³/mol. The Hall–Kier alpha value is -2.38. The zero-order chi connectivity index (χ0) is 18.8. The molecule has 3 aromatic rings. The molecule has 0 aliphatic carbocycles. The summed E-state index contributed by atoms with van der Waals surface area (Å²) >= 11 is 6.34. The number of halogens is 1. The van der Waals surface area contributed by atoms with Crippen molar-refractivity contribution in [1.29, 1.82) is 0 Å². The van der Waals surface area contributed by atoms with Crippen LogP contribution in [0.25, 0.3) is 11.1 Å². The van der Waals surface area contributed by atoms with E-state index in [0.29, 0.717) is 5.92 Å². The minimum absolute atomic E-state index is 0.230. The summed E-state index contributed by atoms with van der Waals surface area (Å²) < 4.78 is 0. The number of hydrogen-bond donors (Lipinski definition) is 0. The molecule has 0 radical (unpaired) electrons. The lowest BCUT2D eigenvalue weighted by atomic mass is 9.97. The summed E-state index contributed by atoms with van der Waals surface area (Å²) in [6.07, 6.45) is 2.02. The van der Waals surface area contributed by atoms with Gasteiger partial charge < -0.3 is 0 Å². The Morgan fingerprint density at radius 3 is 2.11 bits per heavy atom. The lowest BCUT2D eigenvalue weighted by Crippen LogP contribution is -1.96. The summed E-state index contributed by atoms with van der Waals surface area (Å²) in [5, 5.41) is 0.789. The van der Waals surface area contributed by atoms with Crippen LogP contribution in [0.2, 0.25) is 5.02 Å². The lowest BCUT2D eigenvalue weighted by Gasteiger charge is -2.10. The number of hydrogen-bond acceptors (Lipinski definition) is 1. The Morgan fingerprint density at radius 1 is 0.852 bits per heavy atom. The van der Waals surface area contributed by atoms with E-state index in [-0.39, 0.29) is 6.04 Å². The third-order valence-electron chi connectivity index (χ3n) is 5.36. The van der Waals surface area contributed by atoms with Crippen LogP contribution in [-0.2, 0) is 0 Å². The van der Waals surface area contributed by atoms with Gasteiger partial charge in [0.05, 0.1) is 6.04 Å². The first kappa shape index (κ1) is 18.0. The van der Waals surface area contributed by atoms with Gasteiger partial charge in [0.15, 0.2) is 0 Å². The van der Waals surface area contributed by atoms with Gasteiger partial charge in [-0.2, -0.15) is 0 Å². The molecule has 0 saturated heterocycles. The average Bonchev–Trinajstić information content (AvgIpc) is 3.18. The molecule has 1 atom stereocenters. The Labute approximate surface area is 166 Å². The van der Waals surface area contributed by atoms with Crippen LogP contribution in [0, 0.1) is 0 Å². The Kier molecular flexibility index (Phi) is 5.13. The molecule has 0 aromatic heterocycles. The van der Waals surface area contributed by atoms with Gasteiger partial charge in [0, 0.05) is 16.3 Å². The first-order chi connectivity index (χ1) is 13.1. The maximum absolute atomic E-state index is 6.34. The number of rotatable bonds is 4. The monoisotopic (exact) mass is 373 g/mol. The van der Waals surface area contributed by atoms with Crippen LogP contribution >= 0.6 is 11.6 Å². The van der Waals surface area contributed by atoms with Gasteiger partial charge in [-0.05, 0) is 47.1 Å². The van der Waals surface area contributed by atoms with Gasteiger partial charge in [0.1, 0.15) is 0 Å². The smallest absolute Gasteiger partial charge is 0.0756 e. The molecule has 1 heterocycles. The quantitative estimate of drug-likeness (QED) is 0.450. The van der Waals surface area contributed by atoms with E-state index in [4.69, 9.17) is 16.6 Å². The largest absolute Gasteiger partial charge is 0.281 e. The van der Waals surface area contributed by atoms with Gasteiger partial charge in [-0.1, -0.05) is 92.2 Å². The molecule has 1 nitrogen and oxygen atoms in total. The van der Waals surface area contributed by atoms with Crippen LogP contribution in [0.15, 0.2) is 77.8 Å². The van der Waals surface area contributed by atoms with Crippen molar-refractivity contribution in [3.8, 4) is 11.1 Å². The van der Waals surface area contributed by atoms with Crippen molar-refractivity contribution in [1.82, 2.24) is 0 Å². The normalized spacial score (nSPS) is 16.6. The first-order valence-corrected chi connectivity index (χ1v) is 10.0. The van der Waals surface area contributed by atoms with Crippen LogP contribution in [0.1, 0.15) is 55.3 Å². The fraction of sp³-hybridized carbons (Fsp3) is 0.240. The first-order valence-electron chi connectivity index (χ1n) is 9.63. The van der Waals surface area contributed by atoms with E-state index in [9.17, 15) is 0 Å². The van der Waals surface area contributed by atoms with Gasteiger partial charge in [-0.3, -0.25) is 4.99 Å². The fourth-order valence-electron chi connectivity index (χ4n) is 3.69. The zero-order valence-electron chi connectivity index (χ0n) is 15.8. The highest BCUT2D eigenvalue weighted by Crippen LogP contribution is 2.34. The molecule has 0 bridgehead atoms. The second-order valence-corrected chi connectivity index (χ2v) is 7.92. The maximum Gasteiger partial charge on any atom is 0.0756 e. The minimum Gasteiger partial charge on any atom is -0.281 e. The Balaban J connectivity index is 1.53. The van der Waals surface area contributed by atoms with Crippen molar-refractivity contribution < 1.29 is 0 Å². The number of nitrogens with zero attached hydrogens (tertiary/aromatic N) is 1. The topological polar surface area (TPSA) is 12.4 Å². The van der Waals surface area contributed by atoms with E-state index in [2.05, 4.69) is 68.4 Å². The van der Waals surface area contributed by atoms with E-state index in [1.807, 2.05) is 18.2 Å². The van der Waals surface area contributed by atoms with Crippen LogP contribution < -0.4 is 0 Å². The van der Waals surface area contributed by atoms with Gasteiger partial charge in [0.25, 0.3) is 0 Å². The van der Waals surface area contributed by atoms with Gasteiger partial charge in [-0.15, -0.1) is 0 Å². The molecule has 1 unspecified atom stereocenters. The lowest BCUT2D eigenvalue weighted by molar-refractivity contribution is 0.723. The molecular formula is C25H24ClN. The SMILES string of the molecule is CC(C)c1ccc(-c2ccc(C3CCC(c4ccccc4Cl)=N3)cc2)cc1. The van der Waals surface area contributed by atoms with Gasteiger partial charge >= 0.3 is 0 Å². The van der Waals surface area contributed by atoms with Crippen molar-refractivity contribution in [3.63, 3.8) is 0 Å². The average molecular weight is 374 g/mol. The molecule has 0 fully saturated rings. The molecule has 3 aromatic carbocycles. The number of aliphatic imine (C=N–C) groups is 1. The summed E-state index contributed by atoms with van der Waals surface area (Å²) in [7, 11) is 0. The van der Waals surface area contributed by atoms with Gasteiger partial charge in [-0.25, -0.2) is 0 Å². The Morgan fingerprint density at radius 2 is 1.48 bits per heavy atom. The molecule has 1 aliphatic rings. The highest BCUT2D eigenvalue weighted by Gasteiger charge is 2.21. The third-order valence-corrected chi connectivity index (χ3v) is 5.69. The van der Waals surface area contributed by atoms with Crippen molar-refractivity contribution in [2.45, 2.75) is 38.6 Å². The second-order valence-electron chi connectivity index (χ2n) is 7.51. The standard InChI is InChI=1S/C25H24ClN/c1-17(2)18-7-9-19(10-8-18)20-11-13-21(14-12-20)24-15-16-25(27-24)22-5-3-4-6-23(22)26/h3-14,17,24H,15-16H2,1-2H3. The molecule has 27 heavy (non-hydrogen) atoms. The highest BCUT2D eigenvalue weighted by molar-refractivity contribution is 6.34. The summed E-state index contributed by atoms with van der Waals surface area (Å²) in [5.41, 5.74) is 7.37. The van der Waals surface area contributed by atoms with E-state index in [1.54, 1.807) is 0 Å². The van der Waals surface area contributed by atoms with Crippen molar-refractivity contribution in [3.05, 3.63) is 94.5 Å². The van der Waals surface area contributed by atoms with Crippen molar-refractivity contribution >= 4 is 17.3 Å². The Bertz CT molecular complexity index is 952. The highest BCUT2D eigenvalue weighted by atomic mass is 35.5. The summed E-state index contributed by atoms with van der Waals surface area (Å²) in [4.78, 5) is 4.95. The van der Waals surface area contributed by atoms with Crippen LogP contribution in [0.4, 0.5) is 0 Å². The van der Waals surface area contributed by atoms with Crippen LogP contribution in [0.5, 0.6) is 0 Å². The molecule has 1 aliphatic heterocycles. The molecular weight excluding hydrogens is 350 g/mol. The number of benzene rings is 3. The molecule has 0 N–H and O–H groups in total. The summed E-state index contributed by atoms with van der Waals surface area (Å²) in [6, 6.07) is 26.0. The molecule has 4 rings (SSSR count). The van der Waals surface area contributed by atoms with Crippen LogP contribution in [-0.4, -0.2) is 5.71 Å². The van der Waals surface area contributed by atoms with Crippen molar-refractivity contribution in [2.75, 3.05) is 0 Å². The van der Waals surface area contributed by atoms with Gasteiger partial charge in [0.2, 0.25) is 0 Å². The molecule has 0 saturated carbocycles. The molecule has 136 valence electrons. The predicted octanol–water partition coefficient (Wildman–Crippen LogP) is 7.45.